The third-order valence-corrected chi connectivity index (χ3v) is 5.78. The molecule has 6 heteroatoms. The van der Waals surface area contributed by atoms with Crippen LogP contribution in [0.25, 0.3) is 5.57 Å². The van der Waals surface area contributed by atoms with Gasteiger partial charge >= 0.3 is 5.97 Å². The number of hydrogen-bond acceptors (Lipinski definition) is 6. The minimum absolute atomic E-state index is 0.283. The monoisotopic (exact) mass is 446 g/mol. The van der Waals surface area contributed by atoms with E-state index in [1.54, 1.807) is 63.8 Å². The molecule has 3 aromatic carbocycles. The summed E-state index contributed by atoms with van der Waals surface area (Å²) in [6.07, 6.45) is 0.309. The highest BCUT2D eigenvalue weighted by atomic mass is 16.7. The summed E-state index contributed by atoms with van der Waals surface area (Å²) in [6, 6.07) is 19.9. The topological polar surface area (TPSA) is 74.2 Å². The van der Waals surface area contributed by atoms with Gasteiger partial charge in [-0.25, -0.2) is 4.79 Å². The minimum Gasteiger partial charge on any atom is -0.497 e. The lowest BCUT2D eigenvalue weighted by Gasteiger charge is -2.26. The van der Waals surface area contributed by atoms with Gasteiger partial charge in [-0.15, -0.1) is 0 Å². The van der Waals surface area contributed by atoms with Gasteiger partial charge in [0, 0.05) is 23.6 Å². The molecule has 0 spiro atoms. The molecule has 1 unspecified atom stereocenters. The van der Waals surface area contributed by atoms with Crippen LogP contribution in [0.1, 0.15) is 22.3 Å². The second-order valence-electron chi connectivity index (χ2n) is 7.88. The number of rotatable bonds is 7. The highest BCUT2D eigenvalue weighted by Gasteiger charge is 2.48. The Morgan fingerprint density at radius 3 is 1.94 bits per heavy atom. The van der Waals surface area contributed by atoms with E-state index >= 15 is 0 Å². The SMILES string of the molecule is COc1ccc(C2(O)OC(=O)C(c3cc(OC)cc(OC)c3)=C2Cc2ccc(C)cc2)cc1. The molecule has 1 atom stereocenters. The van der Waals surface area contributed by atoms with Crippen molar-refractivity contribution in [2.75, 3.05) is 21.3 Å². The van der Waals surface area contributed by atoms with Crippen molar-refractivity contribution in [1.29, 1.82) is 0 Å². The van der Waals surface area contributed by atoms with Crippen LogP contribution in [0, 0.1) is 6.92 Å². The first kappa shape index (κ1) is 22.4. The summed E-state index contributed by atoms with van der Waals surface area (Å²) in [4.78, 5) is 13.2. The normalized spacial score (nSPS) is 17.7. The number of aryl methyl sites for hydroxylation is 1. The highest BCUT2D eigenvalue weighted by molar-refractivity contribution is 6.20. The number of esters is 1. The highest BCUT2D eigenvalue weighted by Crippen LogP contribution is 2.45. The number of hydrogen-bond donors (Lipinski definition) is 1. The van der Waals surface area contributed by atoms with Crippen LogP contribution in [0.3, 0.4) is 0 Å². The van der Waals surface area contributed by atoms with Crippen molar-refractivity contribution in [2.45, 2.75) is 19.1 Å². The van der Waals surface area contributed by atoms with E-state index < -0.39 is 11.8 Å². The average Bonchev–Trinajstić information content (AvgIpc) is 3.10. The predicted molar refractivity (Wildman–Crippen MR) is 124 cm³/mol. The van der Waals surface area contributed by atoms with Gasteiger partial charge < -0.3 is 24.1 Å². The van der Waals surface area contributed by atoms with Gasteiger partial charge in [0.05, 0.1) is 26.9 Å². The molecule has 4 rings (SSSR count). The molecule has 0 radical (unpaired) electrons. The number of methoxy groups -OCH3 is 3. The van der Waals surface area contributed by atoms with Gasteiger partial charge in [-0.2, -0.15) is 0 Å². The Balaban J connectivity index is 1.91. The van der Waals surface area contributed by atoms with Crippen LogP contribution in [0.5, 0.6) is 17.2 Å². The lowest BCUT2D eigenvalue weighted by atomic mass is 9.88. The fourth-order valence-electron chi connectivity index (χ4n) is 3.95. The molecule has 0 saturated carbocycles. The molecular formula is C27H26O6. The summed E-state index contributed by atoms with van der Waals surface area (Å²) >= 11 is 0. The van der Waals surface area contributed by atoms with E-state index in [0.717, 1.165) is 11.1 Å². The molecular weight excluding hydrogens is 420 g/mol. The van der Waals surface area contributed by atoms with Gasteiger partial charge in [-0.1, -0.05) is 29.8 Å². The zero-order valence-corrected chi connectivity index (χ0v) is 19.0. The Morgan fingerprint density at radius 1 is 0.818 bits per heavy atom. The third kappa shape index (κ3) is 4.30. The third-order valence-electron chi connectivity index (χ3n) is 5.78. The molecule has 0 saturated heterocycles. The average molecular weight is 446 g/mol. The molecule has 0 amide bonds. The zero-order chi connectivity index (χ0) is 23.6. The predicted octanol–water partition coefficient (Wildman–Crippen LogP) is 4.42. The summed E-state index contributed by atoms with van der Waals surface area (Å²) in [5.74, 6) is -0.863. The van der Waals surface area contributed by atoms with Crippen LogP contribution in [-0.2, 0) is 21.7 Å². The lowest BCUT2D eigenvalue weighted by Crippen LogP contribution is -2.29. The fraction of sp³-hybridized carbons (Fsp3) is 0.222. The van der Waals surface area contributed by atoms with Crippen molar-refractivity contribution in [2.24, 2.45) is 0 Å². The molecule has 0 aromatic heterocycles. The van der Waals surface area contributed by atoms with Crippen molar-refractivity contribution < 1.29 is 28.8 Å². The molecule has 1 aliphatic rings. The number of carbonyl (C=O) groups is 1. The summed E-state index contributed by atoms with van der Waals surface area (Å²) < 4.78 is 21.7. The molecule has 6 nitrogen and oxygen atoms in total. The summed E-state index contributed by atoms with van der Waals surface area (Å²) in [5, 5.41) is 11.8. The van der Waals surface area contributed by atoms with Crippen molar-refractivity contribution in [3.05, 3.63) is 94.6 Å². The second-order valence-corrected chi connectivity index (χ2v) is 7.88. The molecule has 170 valence electrons. The van der Waals surface area contributed by atoms with Crippen molar-refractivity contribution in [3.8, 4) is 17.2 Å². The maximum absolute atomic E-state index is 13.2. The first-order chi connectivity index (χ1) is 15.9. The summed E-state index contributed by atoms with van der Waals surface area (Å²) in [7, 11) is 4.65. The maximum Gasteiger partial charge on any atom is 0.342 e. The number of benzene rings is 3. The van der Waals surface area contributed by atoms with Crippen LogP contribution < -0.4 is 14.2 Å². The van der Waals surface area contributed by atoms with Crippen LogP contribution in [0.4, 0.5) is 0 Å². The molecule has 0 aliphatic carbocycles. The van der Waals surface area contributed by atoms with Crippen LogP contribution >= 0.6 is 0 Å². The van der Waals surface area contributed by atoms with Crippen molar-refractivity contribution >= 4 is 11.5 Å². The van der Waals surface area contributed by atoms with Gasteiger partial charge in [0.25, 0.3) is 5.79 Å². The largest absolute Gasteiger partial charge is 0.497 e. The van der Waals surface area contributed by atoms with E-state index in [9.17, 15) is 9.90 Å². The molecule has 1 heterocycles. The molecule has 33 heavy (non-hydrogen) atoms. The molecule has 1 N–H and O–H groups in total. The van der Waals surface area contributed by atoms with Crippen molar-refractivity contribution in [1.82, 2.24) is 0 Å². The van der Waals surface area contributed by atoms with Crippen LogP contribution in [0.15, 0.2) is 72.3 Å². The van der Waals surface area contributed by atoms with Gasteiger partial charge in [0.15, 0.2) is 0 Å². The van der Waals surface area contributed by atoms with Crippen LogP contribution in [0.2, 0.25) is 0 Å². The van der Waals surface area contributed by atoms with Crippen LogP contribution in [-0.4, -0.2) is 32.4 Å². The number of carbonyl (C=O) groups excluding carboxylic acids is 1. The van der Waals surface area contributed by atoms with Gasteiger partial charge in [0.2, 0.25) is 0 Å². The molecule has 0 fully saturated rings. The molecule has 3 aromatic rings. The van der Waals surface area contributed by atoms with E-state index in [1.807, 2.05) is 31.2 Å². The molecule has 1 aliphatic heterocycles. The van der Waals surface area contributed by atoms with Gasteiger partial charge in [-0.05, 0) is 54.4 Å². The van der Waals surface area contributed by atoms with E-state index in [1.165, 1.54) is 0 Å². The number of ether oxygens (including phenoxy) is 4. The van der Waals surface area contributed by atoms with E-state index in [0.29, 0.717) is 40.4 Å². The van der Waals surface area contributed by atoms with Gasteiger partial charge in [0.1, 0.15) is 17.2 Å². The first-order valence-corrected chi connectivity index (χ1v) is 10.5. The van der Waals surface area contributed by atoms with E-state index in [4.69, 9.17) is 18.9 Å². The smallest absolute Gasteiger partial charge is 0.342 e. The van der Waals surface area contributed by atoms with E-state index in [2.05, 4.69) is 0 Å². The van der Waals surface area contributed by atoms with Crippen molar-refractivity contribution in [3.63, 3.8) is 0 Å². The fourth-order valence-corrected chi connectivity index (χ4v) is 3.95. The first-order valence-electron chi connectivity index (χ1n) is 10.5. The molecule has 0 bridgehead atoms. The second kappa shape index (κ2) is 9.00. The standard InChI is InChI=1S/C27H26O6/c1-17-5-7-18(8-6-17)13-24-25(19-14-22(31-3)16-23(15-19)32-4)26(28)33-27(24,29)20-9-11-21(30-2)12-10-20/h5-12,14-16,29H,13H2,1-4H3. The summed E-state index contributed by atoms with van der Waals surface area (Å²) in [6.45, 7) is 2.01. The number of aliphatic hydroxyl groups is 1. The summed E-state index contributed by atoms with van der Waals surface area (Å²) in [5.41, 5.74) is 3.76. The van der Waals surface area contributed by atoms with Gasteiger partial charge in [-0.3, -0.25) is 0 Å². The zero-order valence-electron chi connectivity index (χ0n) is 19.0. The Bertz CT molecular complexity index is 1170. The Morgan fingerprint density at radius 2 is 1.39 bits per heavy atom. The minimum atomic E-state index is -1.93. The number of cyclic esters (lactones) is 1. The lowest BCUT2D eigenvalue weighted by molar-refractivity contribution is -0.185. The Kier molecular flexibility index (Phi) is 6.11. The Hall–Kier alpha value is -3.77. The quantitative estimate of drug-likeness (QED) is 0.542. The van der Waals surface area contributed by atoms with E-state index in [-0.39, 0.29) is 5.57 Å². The maximum atomic E-state index is 13.2. The Labute approximate surface area is 193 Å².